The highest BCUT2D eigenvalue weighted by molar-refractivity contribution is 9.09. The Bertz CT molecular complexity index is 478. The Hall–Kier alpha value is -1.38. The van der Waals surface area contributed by atoms with E-state index in [1.54, 1.807) is 25.1 Å². The minimum absolute atomic E-state index is 0.158. The van der Waals surface area contributed by atoms with Crippen molar-refractivity contribution in [3.05, 3.63) is 35.2 Å². The quantitative estimate of drug-likeness (QED) is 0.665. The number of hydrogen-bond donors (Lipinski definition) is 2. The van der Waals surface area contributed by atoms with Crippen molar-refractivity contribution in [3.8, 4) is 0 Å². The van der Waals surface area contributed by atoms with Crippen molar-refractivity contribution >= 4 is 33.2 Å². The molecule has 2 N–H and O–H groups in total. The lowest BCUT2D eigenvalue weighted by molar-refractivity contribution is -0.130. The molecular formula is C12H13BrN2O2. The number of anilines is 1. The summed E-state index contributed by atoms with van der Waals surface area (Å²) in [4.78, 5) is 15.0. The number of hydrogen-bond acceptors (Lipinski definition) is 2. The molecule has 0 saturated heterocycles. The molecule has 1 atom stereocenters. The molecular weight excluding hydrogens is 284 g/mol. The van der Waals surface area contributed by atoms with Crippen LogP contribution in [0, 0.1) is 13.5 Å². The summed E-state index contributed by atoms with van der Waals surface area (Å²) in [5.74, 6) is -0.482. The van der Waals surface area contributed by atoms with Crippen LogP contribution in [0.1, 0.15) is 12.5 Å². The number of halogens is 1. The second-order valence-electron chi connectivity index (χ2n) is 3.97. The number of amides is 1. The average molecular weight is 297 g/mol. The zero-order valence-corrected chi connectivity index (χ0v) is 11.2. The Morgan fingerprint density at radius 3 is 2.76 bits per heavy atom. The van der Waals surface area contributed by atoms with E-state index in [-0.39, 0.29) is 5.33 Å². The number of nitrogens with one attached hydrogen (secondary N) is 1. The minimum atomic E-state index is -1.45. The van der Waals surface area contributed by atoms with E-state index in [0.717, 1.165) is 5.56 Å². The number of benzene rings is 1. The number of aryl methyl sites for hydroxylation is 1. The standard InChI is InChI=1S/C12H13BrN2O2/c1-8-6-9(4-5-10(8)14-3)15-11(16)12(2,17)7-13/h4-6,17H,7H2,1-2H3,(H,15,16)/t12-/m1/s1. The van der Waals surface area contributed by atoms with Gasteiger partial charge in [-0.1, -0.05) is 22.0 Å². The molecule has 0 aliphatic rings. The Balaban J connectivity index is 2.88. The second kappa shape index (κ2) is 5.30. The van der Waals surface area contributed by atoms with Gasteiger partial charge in [0.2, 0.25) is 0 Å². The number of carbonyl (C=O) groups excluding carboxylic acids is 1. The molecule has 0 aliphatic carbocycles. The Kier molecular flexibility index (Phi) is 4.27. The first-order valence-corrected chi connectivity index (χ1v) is 6.11. The molecule has 5 heteroatoms. The molecule has 4 nitrogen and oxygen atoms in total. The van der Waals surface area contributed by atoms with Gasteiger partial charge in [0.05, 0.1) is 6.57 Å². The van der Waals surface area contributed by atoms with E-state index in [2.05, 4.69) is 26.1 Å². The SMILES string of the molecule is [C-]#[N+]c1ccc(NC(=O)[C@](C)(O)CBr)cc1C. The Morgan fingerprint density at radius 2 is 2.29 bits per heavy atom. The lowest BCUT2D eigenvalue weighted by Crippen LogP contribution is -2.41. The molecule has 0 saturated carbocycles. The summed E-state index contributed by atoms with van der Waals surface area (Å²) in [6.45, 7) is 10.1. The summed E-state index contributed by atoms with van der Waals surface area (Å²) in [6.07, 6.45) is 0. The molecule has 90 valence electrons. The molecule has 1 rings (SSSR count). The molecule has 0 radical (unpaired) electrons. The maximum Gasteiger partial charge on any atom is 0.256 e. The predicted octanol–water partition coefficient (Wildman–Crippen LogP) is 2.63. The molecule has 0 unspecified atom stereocenters. The van der Waals surface area contributed by atoms with Crippen LogP contribution in [0.4, 0.5) is 11.4 Å². The maximum atomic E-state index is 11.7. The van der Waals surface area contributed by atoms with Crippen molar-refractivity contribution in [2.45, 2.75) is 19.4 Å². The van der Waals surface area contributed by atoms with Crippen molar-refractivity contribution in [3.63, 3.8) is 0 Å². The highest BCUT2D eigenvalue weighted by Crippen LogP contribution is 2.23. The van der Waals surface area contributed by atoms with Crippen LogP contribution in [0.25, 0.3) is 4.85 Å². The van der Waals surface area contributed by atoms with Crippen molar-refractivity contribution in [2.75, 3.05) is 10.6 Å². The summed E-state index contributed by atoms with van der Waals surface area (Å²) in [6, 6.07) is 4.99. The molecule has 0 fully saturated rings. The molecule has 1 amide bonds. The third-order valence-electron chi connectivity index (χ3n) is 2.32. The van der Waals surface area contributed by atoms with Crippen LogP contribution in [0.3, 0.4) is 0 Å². The number of rotatable bonds is 3. The number of carbonyl (C=O) groups is 1. The van der Waals surface area contributed by atoms with Gasteiger partial charge in [0.25, 0.3) is 5.91 Å². The monoisotopic (exact) mass is 296 g/mol. The normalized spacial score (nSPS) is 13.6. The molecule has 0 heterocycles. The van der Waals surface area contributed by atoms with Crippen LogP contribution in [-0.2, 0) is 4.79 Å². The van der Waals surface area contributed by atoms with Crippen LogP contribution >= 0.6 is 15.9 Å². The van der Waals surface area contributed by atoms with Crippen molar-refractivity contribution in [2.24, 2.45) is 0 Å². The molecule has 0 spiro atoms. The zero-order valence-electron chi connectivity index (χ0n) is 9.62. The molecule has 17 heavy (non-hydrogen) atoms. The van der Waals surface area contributed by atoms with Gasteiger partial charge in [-0.2, -0.15) is 0 Å². The first-order chi connectivity index (χ1) is 7.90. The lowest BCUT2D eigenvalue weighted by atomic mass is 10.1. The lowest BCUT2D eigenvalue weighted by Gasteiger charge is -2.19. The van der Waals surface area contributed by atoms with Crippen LogP contribution in [0.2, 0.25) is 0 Å². The van der Waals surface area contributed by atoms with Crippen molar-refractivity contribution < 1.29 is 9.90 Å². The maximum absolute atomic E-state index is 11.7. The van der Waals surface area contributed by atoms with E-state index < -0.39 is 11.5 Å². The summed E-state index contributed by atoms with van der Waals surface area (Å²) >= 11 is 3.07. The van der Waals surface area contributed by atoms with E-state index >= 15 is 0 Å². The third kappa shape index (κ3) is 3.29. The molecule has 0 bridgehead atoms. The van der Waals surface area contributed by atoms with Crippen LogP contribution in [-0.4, -0.2) is 21.9 Å². The minimum Gasteiger partial charge on any atom is -0.379 e. The Morgan fingerprint density at radius 1 is 1.65 bits per heavy atom. The molecule has 1 aromatic carbocycles. The van der Waals surface area contributed by atoms with Crippen LogP contribution in [0.5, 0.6) is 0 Å². The van der Waals surface area contributed by atoms with Crippen molar-refractivity contribution in [1.82, 2.24) is 0 Å². The second-order valence-corrected chi connectivity index (χ2v) is 4.54. The van der Waals surface area contributed by atoms with Crippen LogP contribution in [0.15, 0.2) is 18.2 Å². The average Bonchev–Trinajstić information content (AvgIpc) is 2.29. The number of alkyl halides is 1. The predicted molar refractivity (Wildman–Crippen MR) is 70.5 cm³/mol. The van der Waals surface area contributed by atoms with E-state index in [4.69, 9.17) is 6.57 Å². The third-order valence-corrected chi connectivity index (χ3v) is 3.42. The number of aliphatic hydroxyl groups is 1. The van der Waals surface area contributed by atoms with Gasteiger partial charge in [0, 0.05) is 11.0 Å². The number of nitrogens with zero attached hydrogens (tertiary/aromatic N) is 1. The summed E-state index contributed by atoms with van der Waals surface area (Å²) < 4.78 is 0. The Labute approximate surface area is 109 Å². The topological polar surface area (TPSA) is 53.7 Å². The van der Waals surface area contributed by atoms with Gasteiger partial charge < -0.3 is 10.4 Å². The highest BCUT2D eigenvalue weighted by Gasteiger charge is 2.28. The summed E-state index contributed by atoms with van der Waals surface area (Å²) in [7, 11) is 0. The van der Waals surface area contributed by atoms with Gasteiger partial charge >= 0.3 is 0 Å². The summed E-state index contributed by atoms with van der Waals surface area (Å²) in [5, 5.41) is 12.5. The van der Waals surface area contributed by atoms with E-state index in [1.807, 2.05) is 0 Å². The van der Waals surface area contributed by atoms with Gasteiger partial charge in [0.15, 0.2) is 5.69 Å². The van der Waals surface area contributed by atoms with Gasteiger partial charge in [0.1, 0.15) is 5.60 Å². The van der Waals surface area contributed by atoms with E-state index in [0.29, 0.717) is 11.4 Å². The van der Waals surface area contributed by atoms with Gasteiger partial charge in [-0.05, 0) is 31.5 Å². The molecule has 0 aromatic heterocycles. The fourth-order valence-electron chi connectivity index (χ4n) is 1.19. The van der Waals surface area contributed by atoms with Gasteiger partial charge in [-0.3, -0.25) is 4.79 Å². The molecule has 0 aliphatic heterocycles. The summed E-state index contributed by atoms with van der Waals surface area (Å²) in [5.41, 5.74) is 0.458. The van der Waals surface area contributed by atoms with Gasteiger partial charge in [-0.15, -0.1) is 0 Å². The highest BCUT2D eigenvalue weighted by atomic mass is 79.9. The van der Waals surface area contributed by atoms with E-state index in [9.17, 15) is 9.90 Å². The zero-order chi connectivity index (χ0) is 13.1. The van der Waals surface area contributed by atoms with E-state index in [1.165, 1.54) is 6.92 Å². The fraction of sp³-hybridized carbons (Fsp3) is 0.333. The van der Waals surface area contributed by atoms with Gasteiger partial charge in [-0.25, -0.2) is 4.85 Å². The smallest absolute Gasteiger partial charge is 0.256 e. The molecule has 1 aromatic rings. The fourth-order valence-corrected chi connectivity index (χ4v) is 1.44. The largest absolute Gasteiger partial charge is 0.379 e. The van der Waals surface area contributed by atoms with Crippen LogP contribution < -0.4 is 5.32 Å². The first kappa shape index (κ1) is 13.7. The first-order valence-electron chi connectivity index (χ1n) is 4.98. The van der Waals surface area contributed by atoms with Crippen molar-refractivity contribution in [1.29, 1.82) is 0 Å².